The van der Waals surface area contributed by atoms with Crippen LogP contribution >= 0.6 is 11.5 Å². The second kappa shape index (κ2) is 7.16. The Morgan fingerprint density at radius 2 is 2.17 bits per heavy atom. The van der Waals surface area contributed by atoms with Crippen LogP contribution in [0.3, 0.4) is 0 Å². The second-order valence-corrected chi connectivity index (χ2v) is 5.62. The molecule has 0 aliphatic carbocycles. The number of hydrogen-bond acceptors (Lipinski definition) is 5. The molecule has 2 rings (SSSR count). The Kier molecular flexibility index (Phi) is 5.53. The van der Waals surface area contributed by atoms with Gasteiger partial charge in [0.2, 0.25) is 0 Å². The molecule has 1 aromatic heterocycles. The Labute approximate surface area is 113 Å². The highest BCUT2D eigenvalue weighted by Gasteiger charge is 2.23. The smallest absolute Gasteiger partial charge is 0.0800 e. The third kappa shape index (κ3) is 3.49. The highest BCUT2D eigenvalue weighted by atomic mass is 32.1. The molecule has 1 aliphatic heterocycles. The number of ether oxygens (including phenoxy) is 1. The highest BCUT2D eigenvalue weighted by molar-refractivity contribution is 7.05. The molecule has 1 aromatic rings. The van der Waals surface area contributed by atoms with Crippen molar-refractivity contribution in [3.05, 3.63) is 10.6 Å². The molecule has 4 nitrogen and oxygen atoms in total. The summed E-state index contributed by atoms with van der Waals surface area (Å²) in [6, 6.07) is 0.424. The van der Waals surface area contributed by atoms with Gasteiger partial charge in [-0.2, -0.15) is 0 Å². The fourth-order valence-electron chi connectivity index (χ4n) is 2.57. The Hall–Kier alpha value is -0.520. The Morgan fingerprint density at radius 1 is 1.39 bits per heavy atom. The third-order valence-corrected chi connectivity index (χ3v) is 4.48. The lowest BCUT2D eigenvalue weighted by atomic mass is 9.91. The zero-order chi connectivity index (χ0) is 12.8. The minimum Gasteiger partial charge on any atom is -0.381 e. The van der Waals surface area contributed by atoms with Crippen LogP contribution in [-0.4, -0.2) is 29.3 Å². The van der Waals surface area contributed by atoms with Crippen molar-refractivity contribution < 1.29 is 4.74 Å². The Morgan fingerprint density at radius 3 is 2.83 bits per heavy atom. The van der Waals surface area contributed by atoms with Crippen LogP contribution in [0.4, 0.5) is 0 Å². The summed E-state index contributed by atoms with van der Waals surface area (Å²) in [5.41, 5.74) is 1.16. The number of nitrogens with zero attached hydrogens (tertiary/aromatic N) is 2. The minimum absolute atomic E-state index is 0.424. The fraction of sp³-hybridized carbons (Fsp3) is 0.846. The summed E-state index contributed by atoms with van der Waals surface area (Å²) in [7, 11) is 0. The van der Waals surface area contributed by atoms with Gasteiger partial charge in [0.1, 0.15) is 0 Å². The molecule has 1 saturated heterocycles. The van der Waals surface area contributed by atoms with Crippen LogP contribution < -0.4 is 5.32 Å². The van der Waals surface area contributed by atoms with Gasteiger partial charge in [0.25, 0.3) is 0 Å². The van der Waals surface area contributed by atoms with Crippen LogP contribution in [0.2, 0.25) is 0 Å². The van der Waals surface area contributed by atoms with Gasteiger partial charge < -0.3 is 10.1 Å². The quantitative estimate of drug-likeness (QED) is 0.862. The third-order valence-electron chi connectivity index (χ3n) is 3.60. The monoisotopic (exact) mass is 269 g/mol. The van der Waals surface area contributed by atoms with E-state index in [0.29, 0.717) is 6.04 Å². The second-order valence-electron chi connectivity index (χ2n) is 4.84. The molecule has 1 atom stereocenters. The molecule has 5 heteroatoms. The zero-order valence-corrected chi connectivity index (χ0v) is 12.1. The van der Waals surface area contributed by atoms with E-state index in [2.05, 4.69) is 28.8 Å². The lowest BCUT2D eigenvalue weighted by Gasteiger charge is -2.26. The first kappa shape index (κ1) is 13.9. The first-order chi connectivity index (χ1) is 8.85. The average molecular weight is 269 g/mol. The maximum atomic E-state index is 5.43. The summed E-state index contributed by atoms with van der Waals surface area (Å²) in [6.07, 6.45) is 4.54. The first-order valence-corrected chi connectivity index (χ1v) is 7.74. The molecule has 1 aliphatic rings. The first-order valence-electron chi connectivity index (χ1n) is 6.97. The molecule has 0 saturated carbocycles. The van der Waals surface area contributed by atoms with Gasteiger partial charge in [-0.25, -0.2) is 0 Å². The molecule has 1 N–H and O–H groups in total. The SMILES string of the molecule is CCNC(CC1CCOCC1)c1snnc1CC. The van der Waals surface area contributed by atoms with Crippen molar-refractivity contribution in [3.8, 4) is 0 Å². The normalized spacial score (nSPS) is 19.0. The maximum absolute atomic E-state index is 5.43. The van der Waals surface area contributed by atoms with Crippen molar-refractivity contribution in [2.24, 2.45) is 5.92 Å². The standard InChI is InChI=1S/C13H23N3OS/c1-3-11-13(18-16-15-11)12(14-4-2)9-10-5-7-17-8-6-10/h10,12,14H,3-9H2,1-2H3. The van der Waals surface area contributed by atoms with E-state index in [0.717, 1.165) is 37.8 Å². The van der Waals surface area contributed by atoms with Crippen molar-refractivity contribution in [1.29, 1.82) is 0 Å². The molecule has 1 unspecified atom stereocenters. The van der Waals surface area contributed by atoms with Gasteiger partial charge in [-0.3, -0.25) is 0 Å². The Balaban J connectivity index is 2.02. The molecule has 0 amide bonds. The van der Waals surface area contributed by atoms with Gasteiger partial charge in [0.15, 0.2) is 0 Å². The molecular formula is C13H23N3OS. The maximum Gasteiger partial charge on any atom is 0.0800 e. The summed E-state index contributed by atoms with van der Waals surface area (Å²) < 4.78 is 9.55. The lowest BCUT2D eigenvalue weighted by Crippen LogP contribution is -2.26. The summed E-state index contributed by atoms with van der Waals surface area (Å²) >= 11 is 1.56. The van der Waals surface area contributed by atoms with E-state index in [9.17, 15) is 0 Å². The summed E-state index contributed by atoms with van der Waals surface area (Å²) in [5, 5.41) is 7.83. The molecule has 0 bridgehead atoms. The molecule has 102 valence electrons. The van der Waals surface area contributed by atoms with Crippen LogP contribution in [0.1, 0.15) is 49.7 Å². The molecule has 0 aromatic carbocycles. The van der Waals surface area contributed by atoms with Gasteiger partial charge in [-0.05, 0) is 49.7 Å². The number of hydrogen-bond donors (Lipinski definition) is 1. The van der Waals surface area contributed by atoms with E-state index in [4.69, 9.17) is 4.74 Å². The highest BCUT2D eigenvalue weighted by Crippen LogP contribution is 2.30. The summed E-state index contributed by atoms with van der Waals surface area (Å²) in [6.45, 7) is 7.15. The van der Waals surface area contributed by atoms with Crippen LogP contribution in [-0.2, 0) is 11.2 Å². The molecule has 0 spiro atoms. The van der Waals surface area contributed by atoms with Crippen molar-refractivity contribution in [3.63, 3.8) is 0 Å². The number of nitrogens with one attached hydrogen (secondary N) is 1. The molecular weight excluding hydrogens is 246 g/mol. The number of aryl methyl sites for hydroxylation is 1. The summed E-state index contributed by atoms with van der Waals surface area (Å²) in [4.78, 5) is 1.34. The topological polar surface area (TPSA) is 47.0 Å². The number of rotatable bonds is 6. The van der Waals surface area contributed by atoms with E-state index in [1.165, 1.54) is 24.1 Å². The Bertz CT molecular complexity index is 350. The van der Waals surface area contributed by atoms with Gasteiger partial charge in [0.05, 0.1) is 10.6 Å². The fourth-order valence-corrected chi connectivity index (χ4v) is 3.39. The van der Waals surface area contributed by atoms with E-state index < -0.39 is 0 Å². The van der Waals surface area contributed by atoms with Gasteiger partial charge in [-0.1, -0.05) is 18.3 Å². The van der Waals surface area contributed by atoms with Gasteiger partial charge in [-0.15, -0.1) is 5.10 Å². The van der Waals surface area contributed by atoms with E-state index in [1.807, 2.05) is 0 Å². The van der Waals surface area contributed by atoms with Crippen molar-refractivity contribution in [2.45, 2.75) is 45.6 Å². The van der Waals surface area contributed by atoms with E-state index >= 15 is 0 Å². The predicted octanol–water partition coefficient (Wildman–Crippen LogP) is 2.57. The van der Waals surface area contributed by atoms with E-state index in [-0.39, 0.29) is 0 Å². The predicted molar refractivity (Wildman–Crippen MR) is 73.9 cm³/mol. The molecule has 0 radical (unpaired) electrons. The summed E-state index contributed by atoms with van der Waals surface area (Å²) in [5.74, 6) is 0.773. The average Bonchev–Trinajstić information content (AvgIpc) is 2.87. The zero-order valence-electron chi connectivity index (χ0n) is 11.3. The van der Waals surface area contributed by atoms with Crippen molar-refractivity contribution >= 4 is 11.5 Å². The van der Waals surface area contributed by atoms with Crippen LogP contribution in [0, 0.1) is 5.92 Å². The van der Waals surface area contributed by atoms with E-state index in [1.54, 1.807) is 11.5 Å². The largest absolute Gasteiger partial charge is 0.381 e. The minimum atomic E-state index is 0.424. The molecule has 2 heterocycles. The lowest BCUT2D eigenvalue weighted by molar-refractivity contribution is 0.0606. The van der Waals surface area contributed by atoms with Crippen molar-refractivity contribution in [2.75, 3.05) is 19.8 Å². The van der Waals surface area contributed by atoms with Crippen LogP contribution in [0.5, 0.6) is 0 Å². The van der Waals surface area contributed by atoms with Gasteiger partial charge in [0, 0.05) is 19.3 Å². The number of aromatic nitrogens is 2. The van der Waals surface area contributed by atoms with Gasteiger partial charge >= 0.3 is 0 Å². The van der Waals surface area contributed by atoms with Crippen molar-refractivity contribution in [1.82, 2.24) is 14.9 Å². The van der Waals surface area contributed by atoms with Crippen LogP contribution in [0.25, 0.3) is 0 Å². The molecule has 18 heavy (non-hydrogen) atoms. The molecule has 1 fully saturated rings. The van der Waals surface area contributed by atoms with Crippen LogP contribution in [0.15, 0.2) is 0 Å².